The van der Waals surface area contributed by atoms with Crippen molar-refractivity contribution in [2.24, 2.45) is 5.41 Å². The second kappa shape index (κ2) is 4.61. The molecule has 1 N–H and O–H groups in total. The van der Waals surface area contributed by atoms with Crippen LogP contribution in [0.4, 0.5) is 8.78 Å². The van der Waals surface area contributed by atoms with E-state index >= 15 is 0 Å². The molecule has 1 nitrogen and oxygen atoms in total. The summed E-state index contributed by atoms with van der Waals surface area (Å²) >= 11 is 0. The summed E-state index contributed by atoms with van der Waals surface area (Å²) in [6.45, 7) is 4.37. The lowest BCUT2D eigenvalue weighted by atomic mass is 9.82. The predicted molar refractivity (Wildman–Crippen MR) is 67.1 cm³/mol. The van der Waals surface area contributed by atoms with E-state index in [9.17, 15) is 13.9 Å². The summed E-state index contributed by atoms with van der Waals surface area (Å²) in [6.07, 6.45) is 4.07. The van der Waals surface area contributed by atoms with E-state index in [2.05, 4.69) is 13.8 Å². The van der Waals surface area contributed by atoms with Crippen LogP contribution in [0.2, 0.25) is 0 Å². The van der Waals surface area contributed by atoms with Gasteiger partial charge >= 0.3 is 0 Å². The zero-order valence-electron chi connectivity index (χ0n) is 11.0. The standard InChI is InChI=1S/C15H20F2O/c1-14(2)6-3-7-15(18,9-8-14)11-4-5-12(16)13(17)10-11/h4-5,10,18H,3,6-9H2,1-2H3. The Kier molecular flexibility index (Phi) is 3.45. The van der Waals surface area contributed by atoms with Crippen molar-refractivity contribution in [1.82, 2.24) is 0 Å². The highest BCUT2D eigenvalue weighted by Gasteiger charge is 2.35. The third-order valence-electron chi connectivity index (χ3n) is 4.12. The summed E-state index contributed by atoms with van der Waals surface area (Å²) in [5.41, 5.74) is -0.301. The van der Waals surface area contributed by atoms with Gasteiger partial charge in [0.1, 0.15) is 0 Å². The molecule has 1 atom stereocenters. The fraction of sp³-hybridized carbons (Fsp3) is 0.600. The Bertz CT molecular complexity index is 442. The van der Waals surface area contributed by atoms with Crippen LogP contribution in [-0.2, 0) is 5.60 Å². The van der Waals surface area contributed by atoms with E-state index in [1.807, 2.05) is 0 Å². The molecule has 1 aliphatic carbocycles. The smallest absolute Gasteiger partial charge is 0.159 e. The average molecular weight is 254 g/mol. The van der Waals surface area contributed by atoms with E-state index in [0.29, 0.717) is 18.4 Å². The Labute approximate surface area is 107 Å². The number of aliphatic hydroxyl groups is 1. The van der Waals surface area contributed by atoms with Crippen LogP contribution in [0.5, 0.6) is 0 Å². The summed E-state index contributed by atoms with van der Waals surface area (Å²) in [5, 5.41) is 10.7. The van der Waals surface area contributed by atoms with Crippen molar-refractivity contribution in [3.05, 3.63) is 35.4 Å². The Morgan fingerprint density at radius 1 is 1.00 bits per heavy atom. The molecule has 100 valence electrons. The Hall–Kier alpha value is -0.960. The van der Waals surface area contributed by atoms with Gasteiger partial charge in [0.25, 0.3) is 0 Å². The van der Waals surface area contributed by atoms with Crippen molar-refractivity contribution in [2.75, 3.05) is 0 Å². The van der Waals surface area contributed by atoms with Gasteiger partial charge in [-0.2, -0.15) is 0 Å². The highest BCUT2D eigenvalue weighted by molar-refractivity contribution is 5.24. The van der Waals surface area contributed by atoms with Crippen molar-refractivity contribution in [3.63, 3.8) is 0 Å². The van der Waals surface area contributed by atoms with Gasteiger partial charge in [0, 0.05) is 0 Å². The molecule has 1 aromatic carbocycles. The summed E-state index contributed by atoms with van der Waals surface area (Å²) in [4.78, 5) is 0. The third-order valence-corrected chi connectivity index (χ3v) is 4.12. The number of benzene rings is 1. The largest absolute Gasteiger partial charge is 0.385 e. The minimum Gasteiger partial charge on any atom is -0.385 e. The number of hydrogen-bond donors (Lipinski definition) is 1. The first kappa shape index (κ1) is 13.5. The summed E-state index contributed by atoms with van der Waals surface area (Å²) < 4.78 is 26.2. The molecular weight excluding hydrogens is 234 g/mol. The molecule has 0 amide bonds. The Balaban J connectivity index is 2.27. The van der Waals surface area contributed by atoms with E-state index in [0.717, 1.165) is 31.4 Å². The molecule has 1 aromatic rings. The molecule has 3 heteroatoms. The lowest BCUT2D eigenvalue weighted by Gasteiger charge is -2.28. The van der Waals surface area contributed by atoms with Gasteiger partial charge in [-0.15, -0.1) is 0 Å². The summed E-state index contributed by atoms with van der Waals surface area (Å²) in [6, 6.07) is 3.73. The van der Waals surface area contributed by atoms with Crippen LogP contribution in [-0.4, -0.2) is 5.11 Å². The first-order valence-electron chi connectivity index (χ1n) is 6.50. The molecule has 0 saturated heterocycles. The molecule has 1 saturated carbocycles. The van der Waals surface area contributed by atoms with Crippen molar-refractivity contribution in [1.29, 1.82) is 0 Å². The van der Waals surface area contributed by atoms with Crippen LogP contribution in [0.1, 0.15) is 51.5 Å². The second-order valence-corrected chi connectivity index (χ2v) is 6.18. The monoisotopic (exact) mass is 254 g/mol. The zero-order valence-corrected chi connectivity index (χ0v) is 11.0. The van der Waals surface area contributed by atoms with Gasteiger partial charge < -0.3 is 5.11 Å². The second-order valence-electron chi connectivity index (χ2n) is 6.18. The van der Waals surface area contributed by atoms with Crippen LogP contribution in [0, 0.1) is 17.0 Å². The van der Waals surface area contributed by atoms with E-state index in [1.54, 1.807) is 0 Å². The molecule has 1 unspecified atom stereocenters. The highest BCUT2D eigenvalue weighted by atomic mass is 19.2. The quantitative estimate of drug-likeness (QED) is 0.747. The molecule has 0 spiro atoms. The van der Waals surface area contributed by atoms with E-state index in [-0.39, 0.29) is 5.41 Å². The molecule has 1 aliphatic rings. The maximum absolute atomic E-state index is 13.3. The molecule has 0 radical (unpaired) electrons. The van der Waals surface area contributed by atoms with Gasteiger partial charge in [0.2, 0.25) is 0 Å². The van der Waals surface area contributed by atoms with Crippen LogP contribution >= 0.6 is 0 Å². The van der Waals surface area contributed by atoms with E-state index in [4.69, 9.17) is 0 Å². The van der Waals surface area contributed by atoms with Crippen molar-refractivity contribution in [3.8, 4) is 0 Å². The SMILES string of the molecule is CC1(C)CCCC(O)(c2ccc(F)c(F)c2)CC1. The minimum atomic E-state index is -1.01. The average Bonchev–Trinajstić information content (AvgIpc) is 2.43. The van der Waals surface area contributed by atoms with Crippen molar-refractivity contribution >= 4 is 0 Å². The molecule has 0 aromatic heterocycles. The number of halogens is 2. The van der Waals surface area contributed by atoms with Gasteiger partial charge in [-0.1, -0.05) is 19.9 Å². The first-order chi connectivity index (χ1) is 8.32. The predicted octanol–water partition coefficient (Wildman–Crippen LogP) is 4.14. The Morgan fingerprint density at radius 2 is 1.72 bits per heavy atom. The van der Waals surface area contributed by atoms with E-state index in [1.165, 1.54) is 6.07 Å². The molecule has 0 bridgehead atoms. The van der Waals surface area contributed by atoms with Gasteiger partial charge in [-0.25, -0.2) is 8.78 Å². The lowest BCUT2D eigenvalue weighted by molar-refractivity contribution is 0.0176. The summed E-state index contributed by atoms with van der Waals surface area (Å²) in [5.74, 6) is -1.75. The third kappa shape index (κ3) is 2.72. The van der Waals surface area contributed by atoms with Gasteiger partial charge in [-0.05, 0) is 55.2 Å². The van der Waals surface area contributed by atoms with Crippen LogP contribution < -0.4 is 0 Å². The minimum absolute atomic E-state index is 0.211. The molecule has 1 fully saturated rings. The highest BCUT2D eigenvalue weighted by Crippen LogP contribution is 2.42. The fourth-order valence-corrected chi connectivity index (χ4v) is 2.73. The first-order valence-corrected chi connectivity index (χ1v) is 6.50. The normalized spacial score (nSPS) is 27.8. The van der Waals surface area contributed by atoms with Crippen molar-refractivity contribution in [2.45, 2.75) is 51.6 Å². The molecule has 0 heterocycles. The fourth-order valence-electron chi connectivity index (χ4n) is 2.73. The molecule has 0 aliphatic heterocycles. The zero-order chi connectivity index (χ0) is 13.4. The van der Waals surface area contributed by atoms with Crippen molar-refractivity contribution < 1.29 is 13.9 Å². The lowest BCUT2D eigenvalue weighted by Crippen LogP contribution is -2.25. The van der Waals surface area contributed by atoms with Gasteiger partial charge in [-0.3, -0.25) is 0 Å². The maximum atomic E-state index is 13.3. The van der Waals surface area contributed by atoms with Crippen LogP contribution in [0.15, 0.2) is 18.2 Å². The topological polar surface area (TPSA) is 20.2 Å². The molecule has 2 rings (SSSR count). The molecular formula is C15H20F2O. The van der Waals surface area contributed by atoms with Gasteiger partial charge in [0.15, 0.2) is 11.6 Å². The number of rotatable bonds is 1. The summed E-state index contributed by atoms with van der Waals surface area (Å²) in [7, 11) is 0. The molecule has 18 heavy (non-hydrogen) atoms. The van der Waals surface area contributed by atoms with Gasteiger partial charge in [0.05, 0.1) is 5.60 Å². The van der Waals surface area contributed by atoms with Crippen LogP contribution in [0.25, 0.3) is 0 Å². The number of hydrogen-bond acceptors (Lipinski definition) is 1. The Morgan fingerprint density at radius 3 is 2.39 bits per heavy atom. The van der Waals surface area contributed by atoms with Crippen LogP contribution in [0.3, 0.4) is 0 Å². The maximum Gasteiger partial charge on any atom is 0.159 e. The van der Waals surface area contributed by atoms with E-state index < -0.39 is 17.2 Å².